The third-order valence-corrected chi connectivity index (χ3v) is 6.09. The standard InChI is InChI=1S/C12H18ClNO2S3/c1-8(10(5-15)17-2)14-12(16)7-18-6-9-3-4-11(13)19-9/h3-4,8,10,15H,5-7H2,1-2H3,(H,14,16). The lowest BCUT2D eigenvalue weighted by Gasteiger charge is -2.21. The van der Waals surface area contributed by atoms with Gasteiger partial charge < -0.3 is 10.4 Å². The molecule has 1 rings (SSSR count). The van der Waals surface area contributed by atoms with Crippen LogP contribution < -0.4 is 5.32 Å². The molecule has 0 saturated carbocycles. The van der Waals surface area contributed by atoms with E-state index in [2.05, 4.69) is 5.32 Å². The zero-order valence-electron chi connectivity index (χ0n) is 10.9. The second-order valence-electron chi connectivity index (χ2n) is 4.01. The number of nitrogens with one attached hydrogen (secondary N) is 1. The molecule has 7 heteroatoms. The molecule has 0 fully saturated rings. The van der Waals surface area contributed by atoms with E-state index in [4.69, 9.17) is 16.7 Å². The van der Waals surface area contributed by atoms with Crippen LogP contribution >= 0.6 is 46.5 Å². The Balaban J connectivity index is 2.24. The molecule has 0 aliphatic heterocycles. The Bertz CT molecular complexity index is 396. The first-order chi connectivity index (χ1) is 9.06. The molecule has 3 nitrogen and oxygen atoms in total. The van der Waals surface area contributed by atoms with E-state index in [1.54, 1.807) is 34.9 Å². The van der Waals surface area contributed by atoms with E-state index < -0.39 is 0 Å². The number of carbonyl (C=O) groups excluding carboxylic acids is 1. The van der Waals surface area contributed by atoms with E-state index in [1.807, 2.05) is 25.3 Å². The van der Waals surface area contributed by atoms with Gasteiger partial charge in [-0.2, -0.15) is 11.8 Å². The van der Waals surface area contributed by atoms with Crippen LogP contribution in [0.2, 0.25) is 4.34 Å². The van der Waals surface area contributed by atoms with Gasteiger partial charge in [-0.25, -0.2) is 0 Å². The average molecular weight is 340 g/mol. The molecule has 0 bridgehead atoms. The number of aliphatic hydroxyl groups is 1. The number of amides is 1. The molecule has 0 aromatic carbocycles. The molecule has 1 amide bonds. The summed E-state index contributed by atoms with van der Waals surface area (Å²) in [5.41, 5.74) is 0. The fraction of sp³-hybridized carbons (Fsp3) is 0.583. The van der Waals surface area contributed by atoms with Gasteiger partial charge in [-0.15, -0.1) is 23.1 Å². The molecule has 1 aromatic heterocycles. The van der Waals surface area contributed by atoms with Gasteiger partial charge in [0.05, 0.1) is 16.7 Å². The third kappa shape index (κ3) is 6.40. The van der Waals surface area contributed by atoms with E-state index in [0.717, 1.165) is 10.1 Å². The van der Waals surface area contributed by atoms with Crippen LogP contribution in [0.25, 0.3) is 0 Å². The summed E-state index contributed by atoms with van der Waals surface area (Å²) in [6.07, 6.45) is 1.93. The van der Waals surface area contributed by atoms with Crippen molar-refractivity contribution < 1.29 is 9.90 Å². The molecule has 2 N–H and O–H groups in total. The highest BCUT2D eigenvalue weighted by molar-refractivity contribution is 7.99. The van der Waals surface area contributed by atoms with Gasteiger partial charge in [0, 0.05) is 21.9 Å². The van der Waals surface area contributed by atoms with Crippen LogP contribution in [0.15, 0.2) is 12.1 Å². The van der Waals surface area contributed by atoms with E-state index in [0.29, 0.717) is 5.75 Å². The molecular formula is C12H18ClNO2S3. The highest BCUT2D eigenvalue weighted by atomic mass is 35.5. The van der Waals surface area contributed by atoms with Crippen LogP contribution in [0.1, 0.15) is 11.8 Å². The summed E-state index contributed by atoms with van der Waals surface area (Å²) >= 11 is 10.5. The normalized spacial score (nSPS) is 14.1. The van der Waals surface area contributed by atoms with Gasteiger partial charge >= 0.3 is 0 Å². The third-order valence-electron chi connectivity index (χ3n) is 2.54. The van der Waals surface area contributed by atoms with E-state index in [1.165, 1.54) is 4.88 Å². The summed E-state index contributed by atoms with van der Waals surface area (Å²) < 4.78 is 0.777. The van der Waals surface area contributed by atoms with Crippen LogP contribution in [0.5, 0.6) is 0 Å². The Hall–Kier alpha value is 0.120. The second kappa shape index (κ2) is 9.13. The smallest absolute Gasteiger partial charge is 0.230 e. The Labute approximate surface area is 131 Å². The van der Waals surface area contributed by atoms with Gasteiger partial charge in [0.2, 0.25) is 5.91 Å². The predicted octanol–water partition coefficient (Wildman–Crippen LogP) is 2.86. The number of halogens is 1. The van der Waals surface area contributed by atoms with Crippen LogP contribution in [-0.2, 0) is 10.5 Å². The molecule has 0 aliphatic rings. The molecule has 1 heterocycles. The highest BCUT2D eigenvalue weighted by Crippen LogP contribution is 2.25. The number of carbonyl (C=O) groups is 1. The van der Waals surface area contributed by atoms with Crippen molar-refractivity contribution in [2.45, 2.75) is 24.0 Å². The Kier molecular flexibility index (Phi) is 8.25. The second-order valence-corrected chi connectivity index (χ2v) is 7.87. The summed E-state index contributed by atoms with van der Waals surface area (Å²) in [5.74, 6) is 1.23. The zero-order valence-corrected chi connectivity index (χ0v) is 14.1. The maximum atomic E-state index is 11.7. The summed E-state index contributed by atoms with van der Waals surface area (Å²) in [6, 6.07) is 3.83. The molecule has 2 unspecified atom stereocenters. The monoisotopic (exact) mass is 339 g/mol. The minimum absolute atomic E-state index is 0.00709. The van der Waals surface area contributed by atoms with E-state index in [-0.39, 0.29) is 23.8 Å². The molecule has 2 atom stereocenters. The van der Waals surface area contributed by atoms with Gasteiger partial charge in [0.25, 0.3) is 0 Å². The number of aliphatic hydroxyl groups excluding tert-OH is 1. The van der Waals surface area contributed by atoms with Gasteiger partial charge in [0.15, 0.2) is 0 Å². The number of hydrogen-bond donors (Lipinski definition) is 2. The maximum absolute atomic E-state index is 11.7. The van der Waals surface area contributed by atoms with Gasteiger partial charge in [0.1, 0.15) is 0 Å². The SMILES string of the molecule is CSC(CO)C(C)NC(=O)CSCc1ccc(Cl)s1. The number of thioether (sulfide) groups is 2. The van der Waals surface area contributed by atoms with Crippen molar-refractivity contribution in [2.24, 2.45) is 0 Å². The lowest BCUT2D eigenvalue weighted by Crippen LogP contribution is -2.42. The van der Waals surface area contributed by atoms with Crippen molar-refractivity contribution in [3.63, 3.8) is 0 Å². The first-order valence-corrected chi connectivity index (χ1v) is 9.45. The highest BCUT2D eigenvalue weighted by Gasteiger charge is 2.17. The molecule has 0 spiro atoms. The summed E-state index contributed by atoms with van der Waals surface area (Å²) in [5, 5.41) is 12.1. The quantitative estimate of drug-likeness (QED) is 0.764. The maximum Gasteiger partial charge on any atom is 0.230 e. The summed E-state index contributed by atoms with van der Waals surface area (Å²) in [4.78, 5) is 12.9. The fourth-order valence-corrected chi connectivity index (χ4v) is 4.16. The van der Waals surface area contributed by atoms with Crippen LogP contribution in [0.4, 0.5) is 0 Å². The Morgan fingerprint density at radius 1 is 1.58 bits per heavy atom. The number of rotatable bonds is 8. The Morgan fingerprint density at radius 3 is 2.84 bits per heavy atom. The summed E-state index contributed by atoms with van der Waals surface area (Å²) in [6.45, 7) is 1.99. The topological polar surface area (TPSA) is 49.3 Å². The summed E-state index contributed by atoms with van der Waals surface area (Å²) in [7, 11) is 0. The largest absolute Gasteiger partial charge is 0.395 e. The molecule has 19 heavy (non-hydrogen) atoms. The predicted molar refractivity (Wildman–Crippen MR) is 87.5 cm³/mol. The number of hydrogen-bond acceptors (Lipinski definition) is 5. The molecule has 0 radical (unpaired) electrons. The minimum atomic E-state index is -0.0238. The van der Waals surface area contributed by atoms with Crippen molar-refractivity contribution in [1.82, 2.24) is 5.32 Å². The minimum Gasteiger partial charge on any atom is -0.395 e. The number of thiophene rings is 1. The van der Waals surface area contributed by atoms with Crippen LogP contribution in [0, 0.1) is 0 Å². The molecule has 0 aliphatic carbocycles. The molecule has 0 saturated heterocycles. The van der Waals surface area contributed by atoms with Crippen molar-refractivity contribution in [1.29, 1.82) is 0 Å². The van der Waals surface area contributed by atoms with Crippen molar-refractivity contribution in [3.8, 4) is 0 Å². The lowest BCUT2D eigenvalue weighted by atomic mass is 10.2. The molecule has 1 aromatic rings. The first kappa shape index (κ1) is 17.2. The van der Waals surface area contributed by atoms with Gasteiger partial charge in [-0.1, -0.05) is 11.6 Å². The lowest BCUT2D eigenvalue weighted by molar-refractivity contribution is -0.119. The molecular weight excluding hydrogens is 322 g/mol. The van der Waals surface area contributed by atoms with Crippen molar-refractivity contribution >= 4 is 52.4 Å². The molecule has 108 valence electrons. The first-order valence-electron chi connectivity index (χ1n) is 5.81. The van der Waals surface area contributed by atoms with Gasteiger partial charge in [-0.05, 0) is 25.3 Å². The van der Waals surface area contributed by atoms with Crippen LogP contribution in [-0.4, -0.2) is 40.9 Å². The van der Waals surface area contributed by atoms with Crippen LogP contribution in [0.3, 0.4) is 0 Å². The van der Waals surface area contributed by atoms with Crippen molar-refractivity contribution in [3.05, 3.63) is 21.3 Å². The van der Waals surface area contributed by atoms with E-state index in [9.17, 15) is 4.79 Å². The van der Waals surface area contributed by atoms with Crippen molar-refractivity contribution in [2.75, 3.05) is 18.6 Å². The van der Waals surface area contributed by atoms with E-state index >= 15 is 0 Å². The fourth-order valence-electron chi connectivity index (χ4n) is 1.50. The zero-order chi connectivity index (χ0) is 14.3. The van der Waals surface area contributed by atoms with Gasteiger partial charge in [-0.3, -0.25) is 4.79 Å². The Morgan fingerprint density at radius 2 is 2.32 bits per heavy atom. The average Bonchev–Trinajstić information content (AvgIpc) is 2.76.